The molecule has 0 aromatic rings. The second-order valence-corrected chi connectivity index (χ2v) is 4.43. The predicted molar refractivity (Wildman–Crippen MR) is 60.1 cm³/mol. The van der Waals surface area contributed by atoms with Crippen LogP contribution in [0.2, 0.25) is 0 Å². The standard InChI is InChI=1S/C13H20O2/c1-2-6-12-7-4-8-13(12)9-5-11-15-14-10-3-1/h5,9,11-12H,1-4,6-8,10H2. The topological polar surface area (TPSA) is 18.5 Å². The molecule has 0 aromatic carbocycles. The minimum atomic E-state index is 0.714. The number of hydrogen-bond donors (Lipinski definition) is 0. The quantitative estimate of drug-likeness (QED) is 0.564. The van der Waals surface area contributed by atoms with Crippen LogP contribution in [0.1, 0.15) is 44.9 Å². The lowest BCUT2D eigenvalue weighted by Gasteiger charge is -2.12. The van der Waals surface area contributed by atoms with Crippen LogP contribution in [-0.4, -0.2) is 6.61 Å². The molecule has 1 aliphatic heterocycles. The average molecular weight is 208 g/mol. The highest BCUT2D eigenvalue weighted by atomic mass is 17.2. The fourth-order valence-electron chi connectivity index (χ4n) is 2.50. The Hall–Kier alpha value is -0.760. The Morgan fingerprint density at radius 3 is 3.00 bits per heavy atom. The summed E-state index contributed by atoms with van der Waals surface area (Å²) < 4.78 is 0. The third kappa shape index (κ3) is 3.38. The van der Waals surface area contributed by atoms with Crippen molar-refractivity contribution in [1.29, 1.82) is 0 Å². The molecule has 0 aromatic heterocycles. The Labute approximate surface area is 91.9 Å². The van der Waals surface area contributed by atoms with Gasteiger partial charge in [-0.15, -0.1) is 0 Å². The maximum Gasteiger partial charge on any atom is 0.129 e. The summed E-state index contributed by atoms with van der Waals surface area (Å²) in [7, 11) is 0. The first-order valence-electron chi connectivity index (χ1n) is 6.11. The molecule has 0 N–H and O–H groups in total. The Bertz CT molecular complexity index is 243. The summed E-state index contributed by atoms with van der Waals surface area (Å²) in [6.07, 6.45) is 14.9. The summed E-state index contributed by atoms with van der Waals surface area (Å²) in [6, 6.07) is 0. The van der Waals surface area contributed by atoms with Gasteiger partial charge in [-0.3, -0.25) is 0 Å². The van der Waals surface area contributed by atoms with Gasteiger partial charge in [0.15, 0.2) is 0 Å². The first-order valence-corrected chi connectivity index (χ1v) is 6.11. The lowest BCUT2D eigenvalue weighted by Crippen LogP contribution is -1.99. The van der Waals surface area contributed by atoms with Gasteiger partial charge < -0.3 is 4.89 Å². The molecule has 0 radical (unpaired) electrons. The van der Waals surface area contributed by atoms with E-state index in [9.17, 15) is 0 Å². The molecule has 1 atom stereocenters. The molecule has 2 nitrogen and oxygen atoms in total. The molecular formula is C13H20O2. The Kier molecular flexibility index (Phi) is 4.27. The molecule has 1 aliphatic carbocycles. The Morgan fingerprint density at radius 1 is 1.07 bits per heavy atom. The van der Waals surface area contributed by atoms with E-state index in [1.54, 1.807) is 11.8 Å². The molecular weight excluding hydrogens is 188 g/mol. The second-order valence-electron chi connectivity index (χ2n) is 4.43. The summed E-state index contributed by atoms with van der Waals surface area (Å²) in [6.45, 7) is 0.714. The van der Waals surface area contributed by atoms with E-state index in [0.29, 0.717) is 6.61 Å². The van der Waals surface area contributed by atoms with Gasteiger partial charge in [0.2, 0.25) is 0 Å². The SMILES string of the molecule is C1=COOCCCCCC2CCCC2=C1. The molecule has 2 aliphatic rings. The van der Waals surface area contributed by atoms with E-state index < -0.39 is 0 Å². The predicted octanol–water partition coefficient (Wildman–Crippen LogP) is 3.75. The van der Waals surface area contributed by atoms with E-state index in [1.165, 1.54) is 38.5 Å². The number of rotatable bonds is 0. The van der Waals surface area contributed by atoms with Gasteiger partial charge in [-0.05, 0) is 44.1 Å². The summed E-state index contributed by atoms with van der Waals surface area (Å²) in [4.78, 5) is 9.93. The van der Waals surface area contributed by atoms with Crippen molar-refractivity contribution in [2.24, 2.45) is 5.92 Å². The normalized spacial score (nSPS) is 28.3. The minimum Gasteiger partial charge on any atom is -0.346 e. The van der Waals surface area contributed by atoms with Gasteiger partial charge in [0, 0.05) is 0 Å². The van der Waals surface area contributed by atoms with Gasteiger partial charge in [0.25, 0.3) is 0 Å². The maximum absolute atomic E-state index is 5.00. The molecule has 0 amide bonds. The van der Waals surface area contributed by atoms with Crippen LogP contribution in [0.4, 0.5) is 0 Å². The molecule has 0 spiro atoms. The van der Waals surface area contributed by atoms with Crippen LogP contribution in [0.3, 0.4) is 0 Å². The molecule has 84 valence electrons. The highest BCUT2D eigenvalue weighted by Gasteiger charge is 2.19. The molecule has 0 bridgehead atoms. The van der Waals surface area contributed by atoms with Crippen molar-refractivity contribution in [2.45, 2.75) is 44.9 Å². The van der Waals surface area contributed by atoms with Crippen LogP contribution in [-0.2, 0) is 9.78 Å². The van der Waals surface area contributed by atoms with Crippen LogP contribution in [0.15, 0.2) is 24.0 Å². The fourth-order valence-corrected chi connectivity index (χ4v) is 2.50. The van der Waals surface area contributed by atoms with E-state index in [0.717, 1.165) is 12.3 Å². The van der Waals surface area contributed by atoms with Crippen molar-refractivity contribution < 1.29 is 9.78 Å². The third-order valence-electron chi connectivity index (χ3n) is 3.34. The Balaban J connectivity index is 1.95. The van der Waals surface area contributed by atoms with Crippen LogP contribution in [0.25, 0.3) is 0 Å². The van der Waals surface area contributed by atoms with Gasteiger partial charge in [-0.1, -0.05) is 24.5 Å². The fraction of sp³-hybridized carbons (Fsp3) is 0.692. The number of allylic oxidation sites excluding steroid dienone is 3. The molecule has 1 fully saturated rings. The highest BCUT2D eigenvalue weighted by molar-refractivity contribution is 5.17. The molecule has 2 heteroatoms. The monoisotopic (exact) mass is 208 g/mol. The van der Waals surface area contributed by atoms with Gasteiger partial charge >= 0.3 is 0 Å². The van der Waals surface area contributed by atoms with Gasteiger partial charge in [-0.25, -0.2) is 0 Å². The Morgan fingerprint density at radius 2 is 2.00 bits per heavy atom. The van der Waals surface area contributed by atoms with Crippen molar-refractivity contribution in [3.8, 4) is 0 Å². The number of fused-ring (bicyclic) bond motifs is 1. The van der Waals surface area contributed by atoms with Crippen molar-refractivity contribution in [3.63, 3.8) is 0 Å². The van der Waals surface area contributed by atoms with Crippen LogP contribution in [0.5, 0.6) is 0 Å². The van der Waals surface area contributed by atoms with E-state index in [2.05, 4.69) is 6.08 Å². The van der Waals surface area contributed by atoms with Gasteiger partial charge in [0.05, 0.1) is 6.61 Å². The van der Waals surface area contributed by atoms with Gasteiger partial charge in [-0.2, -0.15) is 4.89 Å². The van der Waals surface area contributed by atoms with Crippen molar-refractivity contribution in [3.05, 3.63) is 24.0 Å². The largest absolute Gasteiger partial charge is 0.346 e. The second kappa shape index (κ2) is 5.96. The first-order chi connectivity index (χ1) is 7.47. The number of hydrogen-bond acceptors (Lipinski definition) is 2. The van der Waals surface area contributed by atoms with E-state index in [4.69, 9.17) is 9.78 Å². The molecule has 0 saturated heterocycles. The lowest BCUT2D eigenvalue weighted by molar-refractivity contribution is -0.249. The lowest BCUT2D eigenvalue weighted by atomic mass is 9.95. The summed E-state index contributed by atoms with van der Waals surface area (Å²) in [5, 5.41) is 0. The van der Waals surface area contributed by atoms with Crippen LogP contribution >= 0.6 is 0 Å². The zero-order valence-electron chi connectivity index (χ0n) is 9.28. The zero-order chi connectivity index (χ0) is 10.3. The maximum atomic E-state index is 5.00. The molecule has 2 rings (SSSR count). The molecule has 15 heavy (non-hydrogen) atoms. The van der Waals surface area contributed by atoms with Gasteiger partial charge in [0.1, 0.15) is 6.26 Å². The first kappa shape index (κ1) is 10.7. The highest BCUT2D eigenvalue weighted by Crippen LogP contribution is 2.34. The summed E-state index contributed by atoms with van der Waals surface area (Å²) >= 11 is 0. The third-order valence-corrected chi connectivity index (χ3v) is 3.34. The van der Waals surface area contributed by atoms with Crippen molar-refractivity contribution in [1.82, 2.24) is 0 Å². The summed E-state index contributed by atoms with van der Waals surface area (Å²) in [5.74, 6) is 0.843. The minimum absolute atomic E-state index is 0.714. The van der Waals surface area contributed by atoms with Crippen LogP contribution in [0, 0.1) is 5.92 Å². The zero-order valence-corrected chi connectivity index (χ0v) is 9.28. The van der Waals surface area contributed by atoms with E-state index in [-0.39, 0.29) is 0 Å². The van der Waals surface area contributed by atoms with E-state index >= 15 is 0 Å². The summed E-state index contributed by atoms with van der Waals surface area (Å²) in [5.41, 5.74) is 1.61. The van der Waals surface area contributed by atoms with Crippen molar-refractivity contribution in [2.75, 3.05) is 6.61 Å². The van der Waals surface area contributed by atoms with E-state index in [1.807, 2.05) is 6.08 Å². The molecule has 1 unspecified atom stereocenters. The molecule has 1 saturated carbocycles. The van der Waals surface area contributed by atoms with Crippen LogP contribution < -0.4 is 0 Å². The van der Waals surface area contributed by atoms with Crippen molar-refractivity contribution >= 4 is 0 Å². The smallest absolute Gasteiger partial charge is 0.129 e. The molecule has 1 heterocycles. The average Bonchev–Trinajstić information content (AvgIpc) is 2.65.